The minimum atomic E-state index is -0.882. The average Bonchev–Trinajstić information content (AvgIpc) is 2.75. The number of carbonyl (C=O) groups is 1. The minimum absolute atomic E-state index is 0.0909. The lowest BCUT2D eigenvalue weighted by Gasteiger charge is -2.44. The first kappa shape index (κ1) is 23.2. The molecule has 1 aliphatic rings. The number of aliphatic hydroxyl groups excluding tert-OH is 1. The molecule has 2 rings (SSSR count). The molecule has 0 heterocycles. The summed E-state index contributed by atoms with van der Waals surface area (Å²) in [6.45, 7) is 0.582. The number of allylic oxidation sites excluding steroid dienone is 1. The van der Waals surface area contributed by atoms with Crippen molar-refractivity contribution in [2.75, 3.05) is 20.1 Å². The molecule has 8 heteroatoms. The largest absolute Gasteiger partial charge is 0.377 e. The van der Waals surface area contributed by atoms with Gasteiger partial charge in [0.05, 0.1) is 6.54 Å². The van der Waals surface area contributed by atoms with Gasteiger partial charge in [0, 0.05) is 29.2 Å². The first-order valence-corrected chi connectivity index (χ1v) is 10.1. The van der Waals surface area contributed by atoms with Crippen molar-refractivity contribution in [3.8, 4) is 0 Å². The van der Waals surface area contributed by atoms with Gasteiger partial charge in [0.2, 0.25) is 0 Å². The normalized spacial score (nSPS) is 23.0. The van der Waals surface area contributed by atoms with Crippen molar-refractivity contribution in [1.29, 1.82) is 10.8 Å². The quantitative estimate of drug-likeness (QED) is 0.310. The van der Waals surface area contributed by atoms with Crippen LogP contribution in [0.15, 0.2) is 36.4 Å². The molecule has 1 aliphatic carbocycles. The van der Waals surface area contributed by atoms with Crippen molar-refractivity contribution in [3.63, 3.8) is 0 Å². The van der Waals surface area contributed by atoms with Crippen LogP contribution in [0, 0.1) is 10.8 Å². The molecule has 1 saturated carbocycles. The zero-order chi connectivity index (χ0) is 21.4. The van der Waals surface area contributed by atoms with Crippen molar-refractivity contribution in [2.45, 2.75) is 43.4 Å². The van der Waals surface area contributed by atoms with Gasteiger partial charge in [-0.05, 0) is 62.6 Å². The second-order valence-corrected chi connectivity index (χ2v) is 7.86. The maximum Gasteiger partial charge on any atom is 0.272 e. The topological polar surface area (TPSA) is 126 Å². The van der Waals surface area contributed by atoms with Gasteiger partial charge in [-0.25, -0.2) is 0 Å². The van der Waals surface area contributed by atoms with E-state index < -0.39 is 12.1 Å². The zero-order valence-electron chi connectivity index (χ0n) is 16.7. The van der Waals surface area contributed by atoms with Crippen LogP contribution in [-0.4, -0.2) is 60.2 Å². The molecule has 1 atom stereocenters. The Bertz CT molecular complexity index is 759. The molecule has 1 aromatic rings. The van der Waals surface area contributed by atoms with Crippen LogP contribution in [0.2, 0.25) is 5.02 Å². The minimum Gasteiger partial charge on any atom is -0.377 e. The summed E-state index contributed by atoms with van der Waals surface area (Å²) in [6, 6.07) is 7.67. The first-order valence-electron chi connectivity index (χ1n) is 9.75. The molecule has 0 aromatic heterocycles. The summed E-state index contributed by atoms with van der Waals surface area (Å²) in [6.07, 6.45) is 5.79. The fourth-order valence-electron chi connectivity index (χ4n) is 3.94. The van der Waals surface area contributed by atoms with Gasteiger partial charge in [-0.15, -0.1) is 0 Å². The third kappa shape index (κ3) is 5.73. The number of hydrogen-bond donors (Lipinski definition) is 5. The number of benzene rings is 1. The maximum atomic E-state index is 12.8. The van der Waals surface area contributed by atoms with Crippen LogP contribution >= 0.6 is 11.6 Å². The van der Waals surface area contributed by atoms with Crippen LogP contribution in [0.4, 0.5) is 0 Å². The summed E-state index contributed by atoms with van der Waals surface area (Å²) in [5.74, 6) is -0.453. The number of likely N-dealkylation sites (N-methyl/N-ethyl adjacent to an activating group) is 1. The molecule has 0 radical (unpaired) electrons. The smallest absolute Gasteiger partial charge is 0.272 e. The number of nitrogens with two attached hydrogens (primary N) is 1. The molecule has 0 bridgehead atoms. The monoisotopic (exact) mass is 419 g/mol. The zero-order valence-corrected chi connectivity index (χ0v) is 17.5. The van der Waals surface area contributed by atoms with Crippen molar-refractivity contribution < 1.29 is 9.90 Å². The second-order valence-electron chi connectivity index (χ2n) is 7.43. The average molecular weight is 420 g/mol. The summed E-state index contributed by atoms with van der Waals surface area (Å²) in [4.78, 5) is 14.4. The number of aliphatic hydroxyl groups is 1. The summed E-state index contributed by atoms with van der Waals surface area (Å²) in [5.41, 5.74) is 6.89. The molecule has 0 spiro atoms. The summed E-state index contributed by atoms with van der Waals surface area (Å²) < 4.78 is 0. The Morgan fingerprint density at radius 2 is 2.17 bits per heavy atom. The molecule has 158 valence electrons. The van der Waals surface area contributed by atoms with Crippen LogP contribution < -0.4 is 11.1 Å². The van der Waals surface area contributed by atoms with E-state index in [0.29, 0.717) is 24.4 Å². The number of carbonyl (C=O) groups excluding carboxylic acids is 1. The number of nitrogens with one attached hydrogen (secondary N) is 3. The number of amides is 1. The van der Waals surface area contributed by atoms with Crippen LogP contribution in [0.1, 0.15) is 31.2 Å². The van der Waals surface area contributed by atoms with E-state index in [1.807, 2.05) is 24.3 Å². The van der Waals surface area contributed by atoms with E-state index in [-0.39, 0.29) is 23.7 Å². The first-order chi connectivity index (χ1) is 13.9. The van der Waals surface area contributed by atoms with Gasteiger partial charge < -0.3 is 21.1 Å². The SMILES string of the molecule is CNC(O)CN(C(=O)C(=N)/C=C\C=N)C1CCC(CN)(c2cccc(Cl)c2)CC1. The van der Waals surface area contributed by atoms with Gasteiger partial charge in [-0.1, -0.05) is 23.7 Å². The molecule has 0 aliphatic heterocycles. The lowest BCUT2D eigenvalue weighted by molar-refractivity contribution is -0.129. The molecule has 1 unspecified atom stereocenters. The Morgan fingerprint density at radius 1 is 1.48 bits per heavy atom. The van der Waals surface area contributed by atoms with Crippen molar-refractivity contribution in [2.24, 2.45) is 5.73 Å². The molecule has 7 nitrogen and oxygen atoms in total. The fraction of sp³-hybridized carbons (Fsp3) is 0.476. The van der Waals surface area contributed by atoms with Gasteiger partial charge in [0.1, 0.15) is 11.9 Å². The molecule has 1 fully saturated rings. The van der Waals surface area contributed by atoms with Gasteiger partial charge in [0.15, 0.2) is 0 Å². The predicted octanol–water partition coefficient (Wildman–Crippen LogP) is 2.07. The van der Waals surface area contributed by atoms with Gasteiger partial charge in [0.25, 0.3) is 5.91 Å². The van der Waals surface area contributed by atoms with Crippen molar-refractivity contribution in [3.05, 3.63) is 47.0 Å². The standard InChI is InChI=1S/C21H30ClN5O2/c1-26-19(28)13-27(20(29)18(25)6-3-11-23)17-7-9-21(14-24,10-8-17)15-4-2-5-16(22)12-15/h2-6,11-12,17,19,23,25-26,28H,7-10,13-14,24H2,1H3/b6-3-,23-11?,25-18?. The molecular weight excluding hydrogens is 390 g/mol. The maximum absolute atomic E-state index is 12.8. The van der Waals surface area contributed by atoms with E-state index in [9.17, 15) is 9.90 Å². The van der Waals surface area contributed by atoms with Gasteiger partial charge >= 0.3 is 0 Å². The highest BCUT2D eigenvalue weighted by Crippen LogP contribution is 2.40. The lowest BCUT2D eigenvalue weighted by Crippen LogP contribution is -2.52. The highest BCUT2D eigenvalue weighted by Gasteiger charge is 2.39. The molecular formula is C21H30ClN5O2. The molecule has 1 amide bonds. The Labute approximate surface area is 176 Å². The van der Waals surface area contributed by atoms with E-state index in [0.717, 1.165) is 24.6 Å². The lowest BCUT2D eigenvalue weighted by atomic mass is 9.68. The van der Waals surface area contributed by atoms with E-state index in [1.165, 1.54) is 12.2 Å². The van der Waals surface area contributed by atoms with Crippen LogP contribution in [0.5, 0.6) is 0 Å². The van der Waals surface area contributed by atoms with Crippen LogP contribution in [-0.2, 0) is 10.2 Å². The van der Waals surface area contributed by atoms with E-state index in [4.69, 9.17) is 28.2 Å². The van der Waals surface area contributed by atoms with Crippen LogP contribution in [0.25, 0.3) is 0 Å². The molecule has 1 aromatic carbocycles. The number of hydrogen-bond acceptors (Lipinski definition) is 6. The molecule has 6 N–H and O–H groups in total. The number of rotatable bonds is 9. The number of halogens is 1. The van der Waals surface area contributed by atoms with E-state index >= 15 is 0 Å². The molecule has 29 heavy (non-hydrogen) atoms. The molecule has 0 saturated heterocycles. The van der Waals surface area contributed by atoms with Gasteiger partial charge in [-0.3, -0.25) is 15.5 Å². The number of nitrogens with zero attached hydrogens (tertiary/aromatic N) is 1. The fourth-order valence-corrected chi connectivity index (χ4v) is 4.13. The highest BCUT2D eigenvalue weighted by atomic mass is 35.5. The van der Waals surface area contributed by atoms with Crippen LogP contribution in [0.3, 0.4) is 0 Å². The van der Waals surface area contributed by atoms with E-state index in [1.54, 1.807) is 11.9 Å². The third-order valence-corrected chi connectivity index (χ3v) is 5.97. The predicted molar refractivity (Wildman–Crippen MR) is 117 cm³/mol. The Hall–Kier alpha value is -2.06. The van der Waals surface area contributed by atoms with E-state index in [2.05, 4.69) is 5.32 Å². The summed E-state index contributed by atoms with van der Waals surface area (Å²) in [7, 11) is 1.62. The Kier molecular flexibility index (Phi) is 8.52. The van der Waals surface area contributed by atoms with Gasteiger partial charge in [-0.2, -0.15) is 0 Å². The Balaban J connectivity index is 2.19. The second kappa shape index (κ2) is 10.6. The highest BCUT2D eigenvalue weighted by molar-refractivity contribution is 6.42. The Morgan fingerprint density at radius 3 is 2.72 bits per heavy atom. The summed E-state index contributed by atoms with van der Waals surface area (Å²) >= 11 is 6.18. The summed E-state index contributed by atoms with van der Waals surface area (Å²) in [5, 5.41) is 28.5. The van der Waals surface area contributed by atoms with Crippen molar-refractivity contribution in [1.82, 2.24) is 10.2 Å². The van der Waals surface area contributed by atoms with Crippen molar-refractivity contribution >= 4 is 29.4 Å². The third-order valence-electron chi connectivity index (χ3n) is 5.73.